The first kappa shape index (κ1) is 22.2. The molecule has 2 rings (SSSR count). The van der Waals surface area contributed by atoms with Crippen molar-refractivity contribution in [1.29, 1.82) is 0 Å². The van der Waals surface area contributed by atoms with Crippen LogP contribution >= 0.6 is 24.2 Å². The van der Waals surface area contributed by atoms with Gasteiger partial charge in [0.1, 0.15) is 6.10 Å². The smallest absolute Gasteiger partial charge is 0.246 e. The van der Waals surface area contributed by atoms with Crippen LogP contribution in [-0.2, 0) is 16.1 Å². The first-order valence-electron chi connectivity index (χ1n) is 8.45. The summed E-state index contributed by atoms with van der Waals surface area (Å²) < 4.78 is 10.9. The Morgan fingerprint density at radius 3 is 2.88 bits per heavy atom. The van der Waals surface area contributed by atoms with Gasteiger partial charge in [-0.1, -0.05) is 19.0 Å². The molecule has 25 heavy (non-hydrogen) atoms. The van der Waals surface area contributed by atoms with Gasteiger partial charge in [-0.15, -0.1) is 12.4 Å². The SMILES string of the molecule is CC(C)COC(C)c1noc(CN(C)C(=O)CC2CSCCN2)n1.Cl. The Morgan fingerprint density at radius 1 is 1.48 bits per heavy atom. The summed E-state index contributed by atoms with van der Waals surface area (Å²) in [5, 5.41) is 7.33. The Hall–Kier alpha value is -0.830. The van der Waals surface area contributed by atoms with Crippen molar-refractivity contribution < 1.29 is 14.1 Å². The summed E-state index contributed by atoms with van der Waals surface area (Å²) in [6, 6.07) is 0.251. The van der Waals surface area contributed by atoms with Crippen molar-refractivity contribution in [3.8, 4) is 0 Å². The average molecular weight is 393 g/mol. The predicted octanol–water partition coefficient (Wildman–Crippen LogP) is 2.28. The van der Waals surface area contributed by atoms with Crippen molar-refractivity contribution in [1.82, 2.24) is 20.4 Å². The summed E-state index contributed by atoms with van der Waals surface area (Å²) in [6.07, 6.45) is 0.285. The van der Waals surface area contributed by atoms with Crippen molar-refractivity contribution in [3.05, 3.63) is 11.7 Å². The molecule has 1 aromatic rings. The predicted molar refractivity (Wildman–Crippen MR) is 101 cm³/mol. The van der Waals surface area contributed by atoms with Gasteiger partial charge in [0.2, 0.25) is 11.8 Å². The molecule has 7 nitrogen and oxygen atoms in total. The van der Waals surface area contributed by atoms with Gasteiger partial charge in [0.05, 0.1) is 6.54 Å². The van der Waals surface area contributed by atoms with Crippen LogP contribution in [0.15, 0.2) is 4.52 Å². The fourth-order valence-corrected chi connectivity index (χ4v) is 3.27. The second-order valence-corrected chi connectivity index (χ2v) is 7.75. The largest absolute Gasteiger partial charge is 0.370 e. The second-order valence-electron chi connectivity index (χ2n) is 6.60. The van der Waals surface area contributed by atoms with Crippen LogP contribution in [0.5, 0.6) is 0 Å². The number of carbonyl (C=O) groups excluding carboxylic acids is 1. The lowest BCUT2D eigenvalue weighted by molar-refractivity contribution is -0.131. The molecule has 1 N–H and O–H groups in total. The summed E-state index contributed by atoms with van der Waals surface area (Å²) >= 11 is 1.89. The van der Waals surface area contributed by atoms with Crippen molar-refractivity contribution in [3.63, 3.8) is 0 Å². The van der Waals surface area contributed by atoms with Gasteiger partial charge >= 0.3 is 0 Å². The van der Waals surface area contributed by atoms with Gasteiger partial charge in [-0.3, -0.25) is 4.79 Å². The van der Waals surface area contributed by atoms with Crippen LogP contribution in [0.1, 0.15) is 45.0 Å². The lowest BCUT2D eigenvalue weighted by atomic mass is 10.2. The zero-order valence-electron chi connectivity index (χ0n) is 15.4. The van der Waals surface area contributed by atoms with E-state index in [0.29, 0.717) is 37.2 Å². The minimum atomic E-state index is -0.214. The van der Waals surface area contributed by atoms with E-state index < -0.39 is 0 Å². The molecule has 0 radical (unpaired) electrons. The summed E-state index contributed by atoms with van der Waals surface area (Å²) in [4.78, 5) is 18.3. The van der Waals surface area contributed by atoms with E-state index in [2.05, 4.69) is 29.3 Å². The number of nitrogens with one attached hydrogen (secondary N) is 1. The number of hydrogen-bond donors (Lipinski definition) is 1. The summed E-state index contributed by atoms with van der Waals surface area (Å²) in [6.45, 7) is 8.02. The molecule has 0 aromatic carbocycles. The maximum absolute atomic E-state index is 12.3. The molecule has 2 unspecified atom stereocenters. The number of hydrogen-bond acceptors (Lipinski definition) is 7. The highest BCUT2D eigenvalue weighted by Gasteiger charge is 2.21. The molecule has 2 heterocycles. The van der Waals surface area contributed by atoms with E-state index in [1.54, 1.807) is 11.9 Å². The van der Waals surface area contributed by atoms with E-state index in [-0.39, 0.29) is 30.5 Å². The topological polar surface area (TPSA) is 80.5 Å². The van der Waals surface area contributed by atoms with Crippen LogP contribution in [0.3, 0.4) is 0 Å². The van der Waals surface area contributed by atoms with E-state index in [1.807, 2.05) is 18.7 Å². The van der Waals surface area contributed by atoms with E-state index >= 15 is 0 Å². The van der Waals surface area contributed by atoms with Crippen molar-refractivity contribution in [2.75, 3.05) is 31.7 Å². The molecule has 1 fully saturated rings. The number of nitrogens with zero attached hydrogens (tertiary/aromatic N) is 3. The van der Waals surface area contributed by atoms with Crippen LogP contribution in [0, 0.1) is 5.92 Å². The lowest BCUT2D eigenvalue weighted by Crippen LogP contribution is -2.41. The third-order valence-electron chi connectivity index (χ3n) is 3.74. The van der Waals surface area contributed by atoms with Gasteiger partial charge in [-0.2, -0.15) is 16.7 Å². The molecular weight excluding hydrogens is 364 g/mol. The highest BCUT2D eigenvalue weighted by Crippen LogP contribution is 2.16. The van der Waals surface area contributed by atoms with Crippen LogP contribution in [-0.4, -0.2) is 58.7 Å². The molecular formula is C16H29ClN4O3S. The van der Waals surface area contributed by atoms with Crippen LogP contribution in [0.2, 0.25) is 0 Å². The van der Waals surface area contributed by atoms with Gasteiger partial charge in [-0.25, -0.2) is 0 Å². The highest BCUT2D eigenvalue weighted by molar-refractivity contribution is 7.99. The molecule has 9 heteroatoms. The zero-order chi connectivity index (χ0) is 17.5. The minimum Gasteiger partial charge on any atom is -0.370 e. The summed E-state index contributed by atoms with van der Waals surface area (Å²) in [7, 11) is 1.76. The maximum Gasteiger partial charge on any atom is 0.246 e. The molecule has 1 aliphatic rings. The fourth-order valence-electron chi connectivity index (χ4n) is 2.32. The van der Waals surface area contributed by atoms with Gasteiger partial charge in [0.15, 0.2) is 5.82 Å². The molecule has 1 aromatic heterocycles. The third kappa shape index (κ3) is 7.52. The number of carbonyl (C=O) groups is 1. The first-order valence-corrected chi connectivity index (χ1v) is 9.60. The third-order valence-corrected chi connectivity index (χ3v) is 4.88. The molecule has 1 aliphatic heterocycles. The quantitative estimate of drug-likeness (QED) is 0.726. The van der Waals surface area contributed by atoms with Crippen molar-refractivity contribution in [2.45, 2.75) is 45.9 Å². The van der Waals surface area contributed by atoms with Gasteiger partial charge in [0, 0.05) is 44.2 Å². The molecule has 2 atom stereocenters. The Kier molecular flexibility index (Phi) is 9.78. The van der Waals surface area contributed by atoms with E-state index in [0.717, 1.165) is 18.1 Å². The zero-order valence-corrected chi connectivity index (χ0v) is 17.0. The summed E-state index contributed by atoms with van der Waals surface area (Å²) in [5.74, 6) is 3.59. The number of aromatic nitrogens is 2. The Labute approximate surface area is 160 Å². The number of ether oxygens (including phenoxy) is 1. The number of thioether (sulfide) groups is 1. The minimum absolute atomic E-state index is 0. The lowest BCUT2D eigenvalue weighted by Gasteiger charge is -2.24. The average Bonchev–Trinajstić information content (AvgIpc) is 3.02. The van der Waals surface area contributed by atoms with Crippen molar-refractivity contribution in [2.24, 2.45) is 5.92 Å². The first-order chi connectivity index (χ1) is 11.5. The van der Waals surface area contributed by atoms with Crippen LogP contribution in [0.25, 0.3) is 0 Å². The summed E-state index contributed by atoms with van der Waals surface area (Å²) in [5.41, 5.74) is 0. The molecule has 1 saturated heterocycles. The normalized spacial score (nSPS) is 18.7. The van der Waals surface area contributed by atoms with Gasteiger partial charge in [-0.05, 0) is 12.8 Å². The molecule has 0 saturated carbocycles. The van der Waals surface area contributed by atoms with E-state index in [1.165, 1.54) is 0 Å². The monoisotopic (exact) mass is 392 g/mol. The Balaban J connectivity index is 0.00000312. The molecule has 0 spiro atoms. The highest BCUT2D eigenvalue weighted by atomic mass is 35.5. The maximum atomic E-state index is 12.3. The van der Waals surface area contributed by atoms with Gasteiger partial charge in [0.25, 0.3) is 0 Å². The number of amides is 1. The molecule has 0 bridgehead atoms. The number of rotatable bonds is 8. The van der Waals surface area contributed by atoms with Crippen LogP contribution < -0.4 is 5.32 Å². The Bertz CT molecular complexity index is 523. The van der Waals surface area contributed by atoms with Crippen molar-refractivity contribution >= 4 is 30.1 Å². The van der Waals surface area contributed by atoms with E-state index in [9.17, 15) is 4.79 Å². The fraction of sp³-hybridized carbons (Fsp3) is 0.812. The van der Waals surface area contributed by atoms with Gasteiger partial charge < -0.3 is 19.5 Å². The number of halogens is 1. The Morgan fingerprint density at radius 2 is 2.24 bits per heavy atom. The van der Waals surface area contributed by atoms with Crippen LogP contribution in [0.4, 0.5) is 0 Å². The van der Waals surface area contributed by atoms with E-state index in [4.69, 9.17) is 9.26 Å². The second kappa shape index (κ2) is 11.0. The standard InChI is InChI=1S/C16H28N4O3S.ClH/c1-11(2)9-22-12(3)16-18-14(23-19-16)8-20(4)15(21)7-13-10-24-6-5-17-13;/h11-13,17H,5-10H2,1-4H3;1H. The molecule has 1 amide bonds. The molecule has 144 valence electrons. The molecule has 0 aliphatic carbocycles.